The van der Waals surface area contributed by atoms with E-state index in [1.165, 1.54) is 0 Å². The summed E-state index contributed by atoms with van der Waals surface area (Å²) < 4.78 is 7.28. The lowest BCUT2D eigenvalue weighted by atomic mass is 10.0. The minimum atomic E-state index is -0.588. The first-order valence-electron chi connectivity index (χ1n) is 10.7. The van der Waals surface area contributed by atoms with Gasteiger partial charge in [-0.05, 0) is 54.0 Å². The van der Waals surface area contributed by atoms with Crippen molar-refractivity contribution in [2.24, 2.45) is 0 Å². The number of hydrogen-bond donors (Lipinski definition) is 1. The van der Waals surface area contributed by atoms with Gasteiger partial charge in [-0.25, -0.2) is 4.79 Å². The number of hydrogen-bond acceptors (Lipinski definition) is 7. The molecule has 0 atom stereocenters. The highest BCUT2D eigenvalue weighted by Gasteiger charge is 2.13. The Labute approximate surface area is 191 Å². The summed E-state index contributed by atoms with van der Waals surface area (Å²) in [5, 5.41) is 14.8. The predicted octanol–water partition coefficient (Wildman–Crippen LogP) is 3.98. The standard InChI is InChI=1S/C24H25N7O2/c1-4-5-23-28-29-30-31(23)21-10-19(18-8-6-16(2)7-9-18)11-22(12-21)33-24(32)27-15-20-14-25-17(3)13-26-20/h6-14H,4-5,15H2,1-3H3,(H,27,32). The molecular formula is C24H25N7O2. The third-order valence-corrected chi connectivity index (χ3v) is 4.99. The minimum Gasteiger partial charge on any atom is -0.410 e. The van der Waals surface area contributed by atoms with E-state index in [-0.39, 0.29) is 6.54 Å². The van der Waals surface area contributed by atoms with Crippen molar-refractivity contribution >= 4 is 6.09 Å². The van der Waals surface area contributed by atoms with Crippen molar-refractivity contribution in [1.82, 2.24) is 35.5 Å². The van der Waals surface area contributed by atoms with Gasteiger partial charge in [0.1, 0.15) is 5.75 Å². The van der Waals surface area contributed by atoms with Gasteiger partial charge in [0.15, 0.2) is 5.82 Å². The summed E-state index contributed by atoms with van der Waals surface area (Å²) >= 11 is 0. The number of carbonyl (C=O) groups excluding carboxylic acids is 1. The summed E-state index contributed by atoms with van der Waals surface area (Å²) in [4.78, 5) is 20.9. The van der Waals surface area contributed by atoms with Gasteiger partial charge in [-0.1, -0.05) is 36.8 Å². The maximum absolute atomic E-state index is 12.5. The molecule has 2 heterocycles. The van der Waals surface area contributed by atoms with Crippen molar-refractivity contribution in [3.8, 4) is 22.6 Å². The Morgan fingerprint density at radius 1 is 1.03 bits per heavy atom. The van der Waals surface area contributed by atoms with Crippen molar-refractivity contribution in [2.45, 2.75) is 40.2 Å². The molecule has 0 aliphatic heterocycles. The number of ether oxygens (including phenoxy) is 1. The van der Waals surface area contributed by atoms with E-state index in [0.29, 0.717) is 17.1 Å². The Bertz CT molecular complexity index is 1230. The lowest BCUT2D eigenvalue weighted by Crippen LogP contribution is -2.26. The smallest absolute Gasteiger partial charge is 0.410 e. The fraction of sp³-hybridized carbons (Fsp3) is 0.250. The highest BCUT2D eigenvalue weighted by Crippen LogP contribution is 2.28. The molecular weight excluding hydrogens is 418 g/mol. The van der Waals surface area contributed by atoms with E-state index >= 15 is 0 Å². The molecule has 9 heteroatoms. The summed E-state index contributed by atoms with van der Waals surface area (Å²) in [6.45, 7) is 6.17. The number of tetrazole rings is 1. The number of nitrogens with zero attached hydrogens (tertiary/aromatic N) is 6. The number of aryl methyl sites for hydroxylation is 3. The number of rotatable bonds is 7. The maximum Gasteiger partial charge on any atom is 0.412 e. The summed E-state index contributed by atoms with van der Waals surface area (Å²) in [6, 6.07) is 13.7. The van der Waals surface area contributed by atoms with Crippen molar-refractivity contribution in [2.75, 3.05) is 0 Å². The van der Waals surface area contributed by atoms with Crippen LogP contribution in [0.1, 0.15) is 36.1 Å². The van der Waals surface area contributed by atoms with Gasteiger partial charge in [0.05, 0.1) is 29.8 Å². The molecule has 9 nitrogen and oxygen atoms in total. The first-order valence-corrected chi connectivity index (χ1v) is 10.7. The van der Waals surface area contributed by atoms with Crippen LogP contribution in [0.2, 0.25) is 0 Å². The summed E-state index contributed by atoms with van der Waals surface area (Å²) in [5.74, 6) is 1.13. The van der Waals surface area contributed by atoms with Gasteiger partial charge in [-0.15, -0.1) is 5.10 Å². The van der Waals surface area contributed by atoms with E-state index in [0.717, 1.165) is 41.1 Å². The molecule has 2 aromatic carbocycles. The second-order valence-electron chi connectivity index (χ2n) is 7.73. The Kier molecular flexibility index (Phi) is 6.68. The Hall–Kier alpha value is -4.14. The van der Waals surface area contributed by atoms with Crippen LogP contribution >= 0.6 is 0 Å². The van der Waals surface area contributed by atoms with Crippen molar-refractivity contribution in [3.05, 3.63) is 77.6 Å². The van der Waals surface area contributed by atoms with Crippen LogP contribution in [0, 0.1) is 13.8 Å². The molecule has 0 aliphatic rings. The number of aromatic nitrogens is 6. The average Bonchev–Trinajstić information content (AvgIpc) is 3.28. The van der Waals surface area contributed by atoms with Crippen LogP contribution in [-0.2, 0) is 13.0 Å². The highest BCUT2D eigenvalue weighted by molar-refractivity contribution is 5.73. The zero-order valence-corrected chi connectivity index (χ0v) is 18.8. The predicted molar refractivity (Wildman–Crippen MR) is 123 cm³/mol. The molecule has 0 spiro atoms. The van der Waals surface area contributed by atoms with Crippen LogP contribution in [0.3, 0.4) is 0 Å². The lowest BCUT2D eigenvalue weighted by Gasteiger charge is -2.12. The van der Waals surface area contributed by atoms with E-state index in [1.807, 2.05) is 50.2 Å². The van der Waals surface area contributed by atoms with E-state index in [4.69, 9.17) is 4.74 Å². The molecule has 2 aromatic heterocycles. The molecule has 0 saturated carbocycles. The molecule has 168 valence electrons. The monoisotopic (exact) mass is 443 g/mol. The molecule has 4 aromatic rings. The number of benzene rings is 2. The van der Waals surface area contributed by atoms with E-state index in [2.05, 4.69) is 37.7 Å². The largest absolute Gasteiger partial charge is 0.412 e. The maximum atomic E-state index is 12.5. The van der Waals surface area contributed by atoms with Gasteiger partial charge in [-0.3, -0.25) is 9.97 Å². The fourth-order valence-corrected chi connectivity index (χ4v) is 3.28. The number of nitrogens with one attached hydrogen (secondary N) is 1. The molecule has 0 bridgehead atoms. The molecule has 1 amide bonds. The van der Waals surface area contributed by atoms with Gasteiger partial charge in [-0.2, -0.15) is 4.68 Å². The second-order valence-corrected chi connectivity index (χ2v) is 7.73. The molecule has 0 saturated heterocycles. The Morgan fingerprint density at radius 3 is 2.58 bits per heavy atom. The van der Waals surface area contributed by atoms with E-state index in [9.17, 15) is 4.79 Å². The zero-order valence-electron chi connectivity index (χ0n) is 18.8. The first-order chi connectivity index (χ1) is 16.0. The number of amides is 1. The molecule has 1 N–H and O–H groups in total. The zero-order chi connectivity index (χ0) is 23.2. The van der Waals surface area contributed by atoms with Crippen LogP contribution in [0.25, 0.3) is 16.8 Å². The molecule has 0 fully saturated rings. The molecule has 0 aliphatic carbocycles. The molecule has 4 rings (SSSR count). The third-order valence-electron chi connectivity index (χ3n) is 4.99. The Morgan fingerprint density at radius 2 is 1.85 bits per heavy atom. The van der Waals surface area contributed by atoms with E-state index < -0.39 is 6.09 Å². The van der Waals surface area contributed by atoms with Crippen LogP contribution in [-0.4, -0.2) is 36.3 Å². The normalized spacial score (nSPS) is 10.8. The molecule has 0 unspecified atom stereocenters. The van der Waals surface area contributed by atoms with E-state index in [1.54, 1.807) is 23.1 Å². The molecule has 0 radical (unpaired) electrons. The van der Waals surface area contributed by atoms with Gasteiger partial charge in [0.25, 0.3) is 0 Å². The summed E-state index contributed by atoms with van der Waals surface area (Å²) in [7, 11) is 0. The van der Waals surface area contributed by atoms with Gasteiger partial charge in [0.2, 0.25) is 0 Å². The van der Waals surface area contributed by atoms with Crippen molar-refractivity contribution < 1.29 is 9.53 Å². The quantitative estimate of drug-likeness (QED) is 0.460. The third kappa shape index (κ3) is 5.57. The minimum absolute atomic E-state index is 0.213. The van der Waals surface area contributed by atoms with Crippen molar-refractivity contribution in [3.63, 3.8) is 0 Å². The average molecular weight is 444 g/mol. The highest BCUT2D eigenvalue weighted by atomic mass is 16.6. The topological polar surface area (TPSA) is 108 Å². The summed E-state index contributed by atoms with van der Waals surface area (Å²) in [5.41, 5.74) is 5.21. The van der Waals surface area contributed by atoms with Crippen LogP contribution in [0.15, 0.2) is 54.9 Å². The lowest BCUT2D eigenvalue weighted by molar-refractivity contribution is 0.200. The van der Waals surface area contributed by atoms with Crippen LogP contribution in [0.4, 0.5) is 4.79 Å². The Balaban J connectivity index is 1.61. The fourth-order valence-electron chi connectivity index (χ4n) is 3.28. The summed E-state index contributed by atoms with van der Waals surface area (Å²) in [6.07, 6.45) is 4.33. The van der Waals surface area contributed by atoms with Crippen molar-refractivity contribution in [1.29, 1.82) is 0 Å². The second kappa shape index (κ2) is 9.99. The SMILES string of the molecule is CCCc1nnnn1-c1cc(OC(=O)NCc2cnc(C)cn2)cc(-c2ccc(C)cc2)c1. The van der Waals surface area contributed by atoms with Gasteiger partial charge in [0, 0.05) is 18.7 Å². The number of carbonyl (C=O) groups is 1. The van der Waals surface area contributed by atoms with Crippen LogP contribution < -0.4 is 10.1 Å². The first kappa shape index (κ1) is 22.1. The van der Waals surface area contributed by atoms with Gasteiger partial charge < -0.3 is 10.1 Å². The molecule has 33 heavy (non-hydrogen) atoms. The van der Waals surface area contributed by atoms with Gasteiger partial charge >= 0.3 is 6.09 Å². The van der Waals surface area contributed by atoms with Crippen LogP contribution in [0.5, 0.6) is 5.75 Å².